The zero-order chi connectivity index (χ0) is 37.0. The number of nitrogens with two attached hydrogens (primary N) is 1. The number of esters is 1. The Balaban J connectivity index is 4.23. The van der Waals surface area contributed by atoms with Crippen molar-refractivity contribution >= 4 is 19.8 Å². The molecule has 50 heavy (non-hydrogen) atoms. The quantitative estimate of drug-likeness (QED) is 0.0240. The van der Waals surface area contributed by atoms with Crippen LogP contribution in [0.2, 0.25) is 0 Å². The van der Waals surface area contributed by atoms with Crippen LogP contribution in [-0.4, -0.2) is 60.5 Å². The maximum atomic E-state index is 12.5. The fraction of sp³-hybridized carbons (Fsp3) is 0.897. The Morgan fingerprint density at radius 3 is 1.52 bits per heavy atom. The van der Waals surface area contributed by atoms with E-state index >= 15 is 0 Å². The van der Waals surface area contributed by atoms with Crippen LogP contribution in [0.5, 0.6) is 0 Å². The molecule has 0 radical (unpaired) electrons. The summed E-state index contributed by atoms with van der Waals surface area (Å²) in [5, 5.41) is 8.87. The number of carboxylic acid groups (broad SMARTS) is 1. The summed E-state index contributed by atoms with van der Waals surface area (Å²) in [6.07, 6.45) is 35.5. The zero-order valence-electron chi connectivity index (χ0n) is 32.0. The topological polar surface area (TPSA) is 155 Å². The molecular formula is C39H76NO9P. The van der Waals surface area contributed by atoms with Crippen molar-refractivity contribution in [1.82, 2.24) is 0 Å². The van der Waals surface area contributed by atoms with Crippen LogP contribution >= 0.6 is 7.82 Å². The zero-order valence-corrected chi connectivity index (χ0v) is 32.9. The molecule has 0 aromatic rings. The Morgan fingerprint density at radius 2 is 1.04 bits per heavy atom. The molecule has 0 aliphatic heterocycles. The highest BCUT2D eigenvalue weighted by molar-refractivity contribution is 7.47. The molecule has 0 amide bonds. The summed E-state index contributed by atoms with van der Waals surface area (Å²) in [5.41, 5.74) is 5.34. The van der Waals surface area contributed by atoms with Gasteiger partial charge in [0.15, 0.2) is 0 Å². The van der Waals surface area contributed by atoms with Gasteiger partial charge in [0, 0.05) is 13.0 Å². The number of carbonyl (C=O) groups is 2. The van der Waals surface area contributed by atoms with Gasteiger partial charge in [0.2, 0.25) is 0 Å². The SMILES string of the molecule is CCCCCCCCC/C=C\CCCCCCCCOCC(COP(=O)(O)OCC(N)C(=O)O)OC(=O)CCCCCCCCCCCCC. The summed E-state index contributed by atoms with van der Waals surface area (Å²) >= 11 is 0. The fourth-order valence-electron chi connectivity index (χ4n) is 5.60. The maximum Gasteiger partial charge on any atom is 0.472 e. The first kappa shape index (κ1) is 48.7. The molecule has 3 unspecified atom stereocenters. The number of unbranched alkanes of at least 4 members (excludes halogenated alkanes) is 23. The molecule has 0 heterocycles. The van der Waals surface area contributed by atoms with Crippen LogP contribution in [0.3, 0.4) is 0 Å². The lowest BCUT2D eigenvalue weighted by Gasteiger charge is -2.20. The Bertz CT molecular complexity index is 857. The molecule has 0 saturated carbocycles. The van der Waals surface area contributed by atoms with Gasteiger partial charge in [0.25, 0.3) is 0 Å². The standard InChI is InChI=1S/C39H76NO9P/c1-3-5-7-9-11-13-15-16-17-18-19-20-22-24-26-28-30-32-46-33-36(34-47-50(44,45)48-35-37(40)39(42)43)49-38(41)31-29-27-25-23-21-14-12-10-8-6-4-2/h17-18,36-37H,3-16,19-35,40H2,1-2H3,(H,42,43)(H,44,45)/b18-17-. The lowest BCUT2D eigenvalue weighted by molar-refractivity contribution is -0.154. The van der Waals surface area contributed by atoms with Gasteiger partial charge in [0.1, 0.15) is 12.1 Å². The summed E-state index contributed by atoms with van der Waals surface area (Å²) < 4.78 is 33.2. The van der Waals surface area contributed by atoms with E-state index in [1.165, 1.54) is 122 Å². The molecule has 0 aromatic carbocycles. The minimum absolute atomic E-state index is 0.0177. The van der Waals surface area contributed by atoms with E-state index in [-0.39, 0.29) is 13.0 Å². The summed E-state index contributed by atoms with van der Waals surface area (Å²) in [4.78, 5) is 33.4. The number of rotatable bonds is 39. The van der Waals surface area contributed by atoms with Crippen molar-refractivity contribution in [3.05, 3.63) is 12.2 Å². The van der Waals surface area contributed by atoms with Gasteiger partial charge >= 0.3 is 19.8 Å². The number of hydrogen-bond acceptors (Lipinski definition) is 8. The van der Waals surface area contributed by atoms with Crippen molar-refractivity contribution in [2.75, 3.05) is 26.4 Å². The van der Waals surface area contributed by atoms with Gasteiger partial charge < -0.3 is 25.2 Å². The predicted molar refractivity (Wildman–Crippen MR) is 203 cm³/mol. The van der Waals surface area contributed by atoms with E-state index < -0.39 is 45.1 Å². The van der Waals surface area contributed by atoms with E-state index in [9.17, 15) is 19.0 Å². The third kappa shape index (κ3) is 35.1. The first-order valence-electron chi connectivity index (χ1n) is 20.2. The molecule has 0 aromatic heterocycles. The summed E-state index contributed by atoms with van der Waals surface area (Å²) in [7, 11) is -4.61. The molecular weight excluding hydrogens is 657 g/mol. The average Bonchev–Trinajstić information content (AvgIpc) is 3.09. The lowest BCUT2D eigenvalue weighted by Crippen LogP contribution is -2.34. The highest BCUT2D eigenvalue weighted by Crippen LogP contribution is 2.43. The maximum absolute atomic E-state index is 12.5. The van der Waals surface area contributed by atoms with E-state index in [0.717, 1.165) is 38.5 Å². The van der Waals surface area contributed by atoms with Gasteiger partial charge in [0.05, 0.1) is 19.8 Å². The van der Waals surface area contributed by atoms with Gasteiger partial charge in [-0.05, 0) is 38.5 Å². The Kier molecular flexibility index (Phi) is 35.2. The van der Waals surface area contributed by atoms with Crippen molar-refractivity contribution in [2.45, 2.75) is 199 Å². The first-order chi connectivity index (χ1) is 24.2. The number of phosphoric ester groups is 1. The fourth-order valence-corrected chi connectivity index (χ4v) is 6.38. The van der Waals surface area contributed by atoms with Crippen LogP contribution in [0.1, 0.15) is 187 Å². The minimum atomic E-state index is -4.61. The molecule has 296 valence electrons. The third-order valence-electron chi connectivity index (χ3n) is 8.79. The van der Waals surface area contributed by atoms with E-state index in [2.05, 4.69) is 26.0 Å². The van der Waals surface area contributed by atoms with E-state index in [4.69, 9.17) is 29.4 Å². The predicted octanol–water partition coefficient (Wildman–Crippen LogP) is 10.6. The van der Waals surface area contributed by atoms with E-state index in [1.807, 2.05) is 0 Å². The van der Waals surface area contributed by atoms with Crippen LogP contribution in [0.25, 0.3) is 0 Å². The highest BCUT2D eigenvalue weighted by Gasteiger charge is 2.27. The molecule has 11 heteroatoms. The largest absolute Gasteiger partial charge is 0.480 e. The molecule has 3 atom stereocenters. The Morgan fingerprint density at radius 1 is 0.620 bits per heavy atom. The summed E-state index contributed by atoms with van der Waals surface area (Å²) in [6.45, 7) is 3.87. The normalized spacial score (nSPS) is 14.2. The second-order valence-electron chi connectivity index (χ2n) is 13.8. The number of carbonyl (C=O) groups excluding carboxylic acids is 1. The lowest BCUT2D eigenvalue weighted by atomic mass is 10.1. The first-order valence-corrected chi connectivity index (χ1v) is 21.7. The molecule has 0 saturated heterocycles. The van der Waals surface area contributed by atoms with Crippen molar-refractivity contribution in [1.29, 1.82) is 0 Å². The van der Waals surface area contributed by atoms with Gasteiger partial charge in [-0.15, -0.1) is 0 Å². The Labute approximate surface area is 305 Å². The summed E-state index contributed by atoms with van der Waals surface area (Å²) in [6, 6.07) is -1.47. The smallest absolute Gasteiger partial charge is 0.472 e. The van der Waals surface area contributed by atoms with Gasteiger partial charge in [-0.3, -0.25) is 18.6 Å². The molecule has 0 spiro atoms. The monoisotopic (exact) mass is 734 g/mol. The molecule has 0 fully saturated rings. The van der Waals surface area contributed by atoms with Crippen molar-refractivity contribution in [3.8, 4) is 0 Å². The molecule has 10 nitrogen and oxygen atoms in total. The van der Waals surface area contributed by atoms with Gasteiger partial charge in [-0.25, -0.2) is 4.57 Å². The second-order valence-corrected chi connectivity index (χ2v) is 15.2. The van der Waals surface area contributed by atoms with Crippen molar-refractivity contribution < 1.29 is 42.7 Å². The van der Waals surface area contributed by atoms with Crippen LogP contribution < -0.4 is 5.73 Å². The van der Waals surface area contributed by atoms with E-state index in [1.54, 1.807) is 0 Å². The number of ether oxygens (including phenoxy) is 2. The number of carboxylic acids is 1. The highest BCUT2D eigenvalue weighted by atomic mass is 31.2. The van der Waals surface area contributed by atoms with Crippen LogP contribution in [0.4, 0.5) is 0 Å². The van der Waals surface area contributed by atoms with Crippen molar-refractivity contribution in [3.63, 3.8) is 0 Å². The number of allylic oxidation sites excluding steroid dienone is 2. The second kappa shape index (κ2) is 36.1. The average molecular weight is 734 g/mol. The third-order valence-corrected chi connectivity index (χ3v) is 9.75. The molecule has 0 aliphatic carbocycles. The molecule has 0 bridgehead atoms. The summed E-state index contributed by atoms with van der Waals surface area (Å²) in [5.74, 6) is -1.78. The van der Waals surface area contributed by atoms with Crippen LogP contribution in [0.15, 0.2) is 12.2 Å². The minimum Gasteiger partial charge on any atom is -0.480 e. The van der Waals surface area contributed by atoms with Gasteiger partial charge in [-0.2, -0.15) is 0 Å². The van der Waals surface area contributed by atoms with E-state index in [0.29, 0.717) is 13.0 Å². The number of hydrogen-bond donors (Lipinski definition) is 3. The molecule has 4 N–H and O–H groups in total. The Hall–Kier alpha value is -1.29. The van der Waals surface area contributed by atoms with Crippen LogP contribution in [-0.2, 0) is 32.7 Å². The van der Waals surface area contributed by atoms with Crippen LogP contribution in [0, 0.1) is 0 Å². The number of phosphoric acid groups is 1. The molecule has 0 aliphatic rings. The molecule has 0 rings (SSSR count). The number of aliphatic carboxylic acids is 1. The van der Waals surface area contributed by atoms with Crippen molar-refractivity contribution in [2.24, 2.45) is 5.73 Å². The van der Waals surface area contributed by atoms with Gasteiger partial charge in [-0.1, -0.05) is 154 Å².